The SMILES string of the molecule is COc1cccc(CNC(=O)c2c(OC)cc(=O)n3c2CCN(C(=O)CCC2CCCC2)CC3)c1. The fourth-order valence-corrected chi connectivity index (χ4v) is 5.24. The minimum absolute atomic E-state index is 0.133. The van der Waals surface area contributed by atoms with Gasteiger partial charge in [-0.15, -0.1) is 0 Å². The lowest BCUT2D eigenvalue weighted by molar-refractivity contribution is -0.131. The molecule has 0 unspecified atom stereocenters. The molecular formula is C27H35N3O5. The van der Waals surface area contributed by atoms with Crippen LogP contribution in [0.25, 0.3) is 0 Å². The van der Waals surface area contributed by atoms with Crippen molar-refractivity contribution in [2.45, 2.75) is 58.0 Å². The number of ether oxygens (including phenoxy) is 2. The largest absolute Gasteiger partial charge is 0.497 e. The fraction of sp³-hybridized carbons (Fsp3) is 0.519. The highest BCUT2D eigenvalue weighted by Crippen LogP contribution is 2.29. The van der Waals surface area contributed by atoms with Crippen molar-refractivity contribution >= 4 is 11.8 Å². The summed E-state index contributed by atoms with van der Waals surface area (Å²) in [6.07, 6.45) is 6.89. The minimum atomic E-state index is -0.311. The number of rotatable bonds is 8. The third-order valence-corrected chi connectivity index (χ3v) is 7.22. The van der Waals surface area contributed by atoms with E-state index in [0.29, 0.717) is 61.9 Å². The summed E-state index contributed by atoms with van der Waals surface area (Å²) in [4.78, 5) is 40.9. The molecule has 188 valence electrons. The summed E-state index contributed by atoms with van der Waals surface area (Å²) in [5.41, 5.74) is 1.65. The lowest BCUT2D eigenvalue weighted by atomic mass is 10.0. The Hall–Kier alpha value is -3.29. The molecule has 1 aliphatic carbocycles. The molecule has 0 saturated heterocycles. The third kappa shape index (κ3) is 5.86. The lowest BCUT2D eigenvalue weighted by Gasteiger charge is -2.20. The van der Waals surface area contributed by atoms with Crippen molar-refractivity contribution in [2.24, 2.45) is 5.92 Å². The summed E-state index contributed by atoms with van der Waals surface area (Å²) >= 11 is 0. The Morgan fingerprint density at radius 1 is 1.06 bits per heavy atom. The molecule has 8 nitrogen and oxygen atoms in total. The van der Waals surface area contributed by atoms with Crippen molar-refractivity contribution in [3.8, 4) is 11.5 Å². The van der Waals surface area contributed by atoms with E-state index < -0.39 is 0 Å². The zero-order valence-electron chi connectivity index (χ0n) is 20.7. The highest BCUT2D eigenvalue weighted by molar-refractivity contribution is 5.98. The van der Waals surface area contributed by atoms with Crippen LogP contribution in [0.15, 0.2) is 35.1 Å². The summed E-state index contributed by atoms with van der Waals surface area (Å²) in [7, 11) is 3.06. The second-order valence-corrected chi connectivity index (χ2v) is 9.38. The number of amides is 2. The summed E-state index contributed by atoms with van der Waals surface area (Å²) in [6.45, 7) is 1.62. The maximum Gasteiger partial charge on any atom is 0.257 e. The van der Waals surface area contributed by atoms with Crippen molar-refractivity contribution in [3.63, 3.8) is 0 Å². The Morgan fingerprint density at radius 3 is 2.60 bits per heavy atom. The molecule has 0 bridgehead atoms. The van der Waals surface area contributed by atoms with Gasteiger partial charge in [0.25, 0.3) is 11.5 Å². The van der Waals surface area contributed by atoms with E-state index in [9.17, 15) is 14.4 Å². The third-order valence-electron chi connectivity index (χ3n) is 7.22. The zero-order chi connectivity index (χ0) is 24.8. The van der Waals surface area contributed by atoms with Gasteiger partial charge in [-0.3, -0.25) is 14.4 Å². The number of pyridine rings is 1. The molecular weight excluding hydrogens is 446 g/mol. The van der Waals surface area contributed by atoms with Gasteiger partial charge in [0.05, 0.1) is 14.2 Å². The van der Waals surface area contributed by atoms with E-state index in [1.165, 1.54) is 38.9 Å². The molecule has 4 rings (SSSR count). The number of hydrogen-bond donors (Lipinski definition) is 1. The van der Waals surface area contributed by atoms with Gasteiger partial charge in [-0.25, -0.2) is 0 Å². The van der Waals surface area contributed by atoms with Crippen molar-refractivity contribution in [2.75, 3.05) is 27.3 Å². The maximum absolute atomic E-state index is 13.3. The number of nitrogens with one attached hydrogen (secondary N) is 1. The monoisotopic (exact) mass is 481 g/mol. The second-order valence-electron chi connectivity index (χ2n) is 9.38. The van der Waals surface area contributed by atoms with E-state index in [1.54, 1.807) is 11.7 Å². The number of carbonyl (C=O) groups excluding carboxylic acids is 2. The second kappa shape index (κ2) is 11.4. The molecule has 1 aromatic carbocycles. The standard InChI is InChI=1S/C27H35N3O5/c1-34-21-9-5-8-20(16-21)18-28-27(33)26-22-12-13-29(24(31)11-10-19-6-3-4-7-19)14-15-30(22)25(32)17-23(26)35-2/h5,8-9,16-17,19H,3-4,6-7,10-15,18H2,1-2H3,(H,28,33). The molecule has 1 aromatic heterocycles. The first-order chi connectivity index (χ1) is 17.0. The predicted molar refractivity (Wildman–Crippen MR) is 133 cm³/mol. The van der Waals surface area contributed by atoms with E-state index in [4.69, 9.17) is 9.47 Å². The number of benzene rings is 1. The Labute approximate surface area is 206 Å². The van der Waals surface area contributed by atoms with Crippen LogP contribution < -0.4 is 20.3 Å². The van der Waals surface area contributed by atoms with Crippen LogP contribution in [-0.2, 0) is 24.3 Å². The van der Waals surface area contributed by atoms with E-state index in [-0.39, 0.29) is 23.1 Å². The highest BCUT2D eigenvalue weighted by Gasteiger charge is 2.27. The average molecular weight is 482 g/mol. The Bertz CT molecular complexity index is 1120. The van der Waals surface area contributed by atoms with Gasteiger partial charge >= 0.3 is 0 Å². The molecule has 2 aliphatic rings. The van der Waals surface area contributed by atoms with Crippen molar-refractivity contribution < 1.29 is 19.1 Å². The van der Waals surface area contributed by atoms with Gasteiger partial charge in [0.15, 0.2) is 0 Å². The molecule has 1 N–H and O–H groups in total. The zero-order valence-corrected chi connectivity index (χ0v) is 20.7. The van der Waals surface area contributed by atoms with Gasteiger partial charge in [0, 0.05) is 50.8 Å². The van der Waals surface area contributed by atoms with Crippen LogP contribution in [-0.4, -0.2) is 48.6 Å². The number of hydrogen-bond acceptors (Lipinski definition) is 5. The van der Waals surface area contributed by atoms with Crippen LogP contribution in [0.4, 0.5) is 0 Å². The first-order valence-electron chi connectivity index (χ1n) is 12.5. The highest BCUT2D eigenvalue weighted by atomic mass is 16.5. The lowest BCUT2D eigenvalue weighted by Crippen LogP contribution is -2.34. The number of nitrogens with zero attached hydrogens (tertiary/aromatic N) is 2. The fourth-order valence-electron chi connectivity index (χ4n) is 5.24. The van der Waals surface area contributed by atoms with Gasteiger partial charge in [-0.1, -0.05) is 37.8 Å². The molecule has 0 radical (unpaired) electrons. The quantitative estimate of drug-likeness (QED) is 0.626. The number of aromatic nitrogens is 1. The molecule has 35 heavy (non-hydrogen) atoms. The summed E-state index contributed by atoms with van der Waals surface area (Å²) in [5, 5.41) is 2.95. The molecule has 8 heteroatoms. The number of fused-ring (bicyclic) bond motifs is 1. The normalized spacial score (nSPS) is 15.9. The molecule has 2 aromatic rings. The van der Waals surface area contributed by atoms with Crippen LogP contribution in [0.3, 0.4) is 0 Å². The van der Waals surface area contributed by atoms with Crippen LogP contribution in [0.5, 0.6) is 11.5 Å². The number of carbonyl (C=O) groups is 2. The van der Waals surface area contributed by atoms with Crippen molar-refractivity contribution in [1.82, 2.24) is 14.8 Å². The number of methoxy groups -OCH3 is 2. The van der Waals surface area contributed by atoms with E-state index in [0.717, 1.165) is 12.0 Å². The molecule has 0 atom stereocenters. The molecule has 0 spiro atoms. The smallest absolute Gasteiger partial charge is 0.257 e. The first kappa shape index (κ1) is 24.8. The van der Waals surface area contributed by atoms with Crippen molar-refractivity contribution in [3.05, 3.63) is 57.5 Å². The maximum atomic E-state index is 13.3. The molecule has 2 amide bonds. The molecule has 1 saturated carbocycles. The average Bonchev–Trinajstić information content (AvgIpc) is 3.30. The van der Waals surface area contributed by atoms with Gasteiger partial charge < -0.3 is 24.3 Å². The van der Waals surface area contributed by atoms with Crippen LogP contribution in [0.2, 0.25) is 0 Å². The summed E-state index contributed by atoms with van der Waals surface area (Å²) in [6, 6.07) is 8.85. The van der Waals surface area contributed by atoms with E-state index in [1.807, 2.05) is 29.2 Å². The van der Waals surface area contributed by atoms with Gasteiger partial charge in [-0.05, 0) is 30.0 Å². The molecule has 1 fully saturated rings. The van der Waals surface area contributed by atoms with Crippen LogP contribution in [0, 0.1) is 5.92 Å². The first-order valence-corrected chi connectivity index (χ1v) is 12.5. The minimum Gasteiger partial charge on any atom is -0.497 e. The van der Waals surface area contributed by atoms with E-state index in [2.05, 4.69) is 5.32 Å². The van der Waals surface area contributed by atoms with Crippen LogP contribution >= 0.6 is 0 Å². The van der Waals surface area contributed by atoms with E-state index >= 15 is 0 Å². The summed E-state index contributed by atoms with van der Waals surface area (Å²) in [5.74, 6) is 1.45. The molecule has 2 heterocycles. The van der Waals surface area contributed by atoms with Crippen LogP contribution in [0.1, 0.15) is 60.1 Å². The Morgan fingerprint density at radius 2 is 1.86 bits per heavy atom. The van der Waals surface area contributed by atoms with Gasteiger partial charge in [0.1, 0.15) is 17.1 Å². The van der Waals surface area contributed by atoms with Gasteiger partial charge in [0.2, 0.25) is 5.91 Å². The predicted octanol–water partition coefficient (Wildman–Crippen LogP) is 3.15. The topological polar surface area (TPSA) is 89.9 Å². The van der Waals surface area contributed by atoms with Gasteiger partial charge in [-0.2, -0.15) is 0 Å². The summed E-state index contributed by atoms with van der Waals surface area (Å²) < 4.78 is 12.3. The van der Waals surface area contributed by atoms with Crippen molar-refractivity contribution in [1.29, 1.82) is 0 Å². The Balaban J connectivity index is 1.49. The molecule has 1 aliphatic heterocycles. The Kier molecular flexibility index (Phi) is 8.10.